The van der Waals surface area contributed by atoms with Crippen LogP contribution in [0.4, 0.5) is 4.39 Å². The van der Waals surface area contributed by atoms with Crippen LogP contribution in [0.25, 0.3) is 17.0 Å². The molecule has 0 amide bonds. The Morgan fingerprint density at radius 1 is 1.45 bits per heavy atom. The first kappa shape index (κ1) is 15.4. The van der Waals surface area contributed by atoms with E-state index in [-0.39, 0.29) is 22.9 Å². The van der Waals surface area contributed by atoms with Crippen LogP contribution in [-0.4, -0.2) is 21.2 Å². The Hall–Kier alpha value is -3.02. The van der Waals surface area contributed by atoms with Crippen molar-refractivity contribution in [2.24, 2.45) is 0 Å². The zero-order valence-electron chi connectivity index (χ0n) is 11.8. The van der Waals surface area contributed by atoms with Gasteiger partial charge < -0.3 is 9.63 Å². The van der Waals surface area contributed by atoms with E-state index < -0.39 is 11.8 Å². The van der Waals surface area contributed by atoms with Crippen LogP contribution in [0.3, 0.4) is 0 Å². The van der Waals surface area contributed by atoms with E-state index in [1.54, 1.807) is 19.1 Å². The van der Waals surface area contributed by atoms with Crippen molar-refractivity contribution >= 4 is 11.5 Å². The molecule has 112 valence electrons. The number of hydrogen-bond acceptors (Lipinski definition) is 4. The standard InChI is InChI=1S/C16H13FN2O3/c1-3-6-13(17)12(4-2)15-18-14(19-22-15)10-7-5-8-11(9-10)16(20)21/h3-9H,1H2,2H3,(H,20,21)/b12-4+,13-6+. The second kappa shape index (κ2) is 6.62. The van der Waals surface area contributed by atoms with Crippen molar-refractivity contribution in [3.8, 4) is 11.4 Å². The number of benzene rings is 1. The second-order valence-corrected chi connectivity index (χ2v) is 4.26. The minimum atomic E-state index is -1.06. The highest BCUT2D eigenvalue weighted by Crippen LogP contribution is 2.25. The number of carboxylic acids is 1. The van der Waals surface area contributed by atoms with Gasteiger partial charge in [0.2, 0.25) is 5.82 Å². The Morgan fingerprint density at radius 2 is 2.23 bits per heavy atom. The number of nitrogens with zero attached hydrogens (tertiary/aromatic N) is 2. The molecule has 0 aliphatic rings. The van der Waals surface area contributed by atoms with Gasteiger partial charge in [-0.1, -0.05) is 36.0 Å². The molecule has 0 radical (unpaired) electrons. The third-order valence-corrected chi connectivity index (χ3v) is 2.83. The largest absolute Gasteiger partial charge is 0.478 e. The monoisotopic (exact) mass is 300 g/mol. The highest BCUT2D eigenvalue weighted by molar-refractivity contribution is 5.89. The van der Waals surface area contributed by atoms with Crippen LogP contribution in [0.1, 0.15) is 23.2 Å². The van der Waals surface area contributed by atoms with Gasteiger partial charge in [-0.3, -0.25) is 0 Å². The van der Waals surface area contributed by atoms with Crippen molar-refractivity contribution in [2.75, 3.05) is 0 Å². The summed E-state index contributed by atoms with van der Waals surface area (Å²) >= 11 is 0. The lowest BCUT2D eigenvalue weighted by Gasteiger charge is -1.97. The predicted octanol–water partition coefficient (Wildman–Crippen LogP) is 3.88. The average Bonchev–Trinajstić information content (AvgIpc) is 2.98. The maximum atomic E-state index is 13.9. The average molecular weight is 300 g/mol. The van der Waals surface area contributed by atoms with Gasteiger partial charge in [0.15, 0.2) is 0 Å². The zero-order chi connectivity index (χ0) is 16.1. The molecule has 1 N–H and O–H groups in total. The number of aromatic nitrogens is 2. The normalized spacial score (nSPS) is 12.3. The van der Waals surface area contributed by atoms with Crippen LogP contribution in [0.15, 0.2) is 59.4 Å². The minimum Gasteiger partial charge on any atom is -0.478 e. The van der Waals surface area contributed by atoms with E-state index in [0.29, 0.717) is 5.56 Å². The summed E-state index contributed by atoms with van der Waals surface area (Å²) in [5, 5.41) is 12.7. The summed E-state index contributed by atoms with van der Waals surface area (Å²) < 4.78 is 18.9. The van der Waals surface area contributed by atoms with Crippen molar-refractivity contribution < 1.29 is 18.8 Å². The molecule has 0 aliphatic carbocycles. The summed E-state index contributed by atoms with van der Waals surface area (Å²) in [5.74, 6) is -1.41. The maximum Gasteiger partial charge on any atom is 0.335 e. The number of hydrogen-bond donors (Lipinski definition) is 1. The molecular weight excluding hydrogens is 287 g/mol. The Bertz CT molecular complexity index is 775. The lowest BCUT2D eigenvalue weighted by Crippen LogP contribution is -1.96. The Kier molecular flexibility index (Phi) is 4.63. The molecule has 2 aromatic rings. The van der Waals surface area contributed by atoms with Crippen molar-refractivity contribution in [3.63, 3.8) is 0 Å². The summed E-state index contributed by atoms with van der Waals surface area (Å²) in [6.45, 7) is 5.06. The van der Waals surface area contributed by atoms with Crippen LogP contribution in [0.2, 0.25) is 0 Å². The molecule has 5 nitrogen and oxygen atoms in total. The number of carboxylic acid groups (broad SMARTS) is 1. The Morgan fingerprint density at radius 3 is 2.86 bits per heavy atom. The molecule has 0 fully saturated rings. The fraction of sp³-hybridized carbons (Fsp3) is 0.0625. The highest BCUT2D eigenvalue weighted by Gasteiger charge is 2.16. The van der Waals surface area contributed by atoms with E-state index in [4.69, 9.17) is 9.63 Å². The zero-order valence-corrected chi connectivity index (χ0v) is 11.8. The molecule has 0 spiro atoms. The van der Waals surface area contributed by atoms with Crippen LogP contribution in [0.5, 0.6) is 0 Å². The lowest BCUT2D eigenvalue weighted by molar-refractivity contribution is 0.0697. The van der Waals surface area contributed by atoms with Gasteiger partial charge in [-0.15, -0.1) is 0 Å². The van der Waals surface area contributed by atoms with Crippen molar-refractivity contribution in [2.45, 2.75) is 6.92 Å². The number of rotatable bonds is 5. The van der Waals surface area contributed by atoms with Crippen molar-refractivity contribution in [1.29, 1.82) is 0 Å². The summed E-state index contributed by atoms with van der Waals surface area (Å²) in [6.07, 6.45) is 4.00. The van der Waals surface area contributed by atoms with E-state index in [1.165, 1.54) is 30.4 Å². The molecule has 0 bridgehead atoms. The lowest BCUT2D eigenvalue weighted by atomic mass is 10.1. The molecule has 22 heavy (non-hydrogen) atoms. The summed E-state index contributed by atoms with van der Waals surface area (Å²) in [5.41, 5.74) is 0.722. The Labute approximate surface area is 126 Å². The van der Waals surface area contributed by atoms with E-state index in [1.807, 2.05) is 0 Å². The first-order chi connectivity index (χ1) is 10.6. The fourth-order valence-corrected chi connectivity index (χ4v) is 1.80. The summed E-state index contributed by atoms with van der Waals surface area (Å²) in [6, 6.07) is 6.09. The second-order valence-electron chi connectivity index (χ2n) is 4.26. The van der Waals surface area contributed by atoms with Gasteiger partial charge in [-0.25, -0.2) is 9.18 Å². The molecule has 1 aromatic carbocycles. The number of halogens is 1. The van der Waals surface area contributed by atoms with Crippen LogP contribution >= 0.6 is 0 Å². The smallest absolute Gasteiger partial charge is 0.335 e. The maximum absolute atomic E-state index is 13.9. The quantitative estimate of drug-likeness (QED) is 0.848. The third-order valence-electron chi connectivity index (χ3n) is 2.83. The summed E-state index contributed by atoms with van der Waals surface area (Å²) in [4.78, 5) is 15.1. The van der Waals surface area contributed by atoms with Gasteiger partial charge in [0.25, 0.3) is 5.89 Å². The first-order valence-electron chi connectivity index (χ1n) is 6.39. The van der Waals surface area contributed by atoms with Gasteiger partial charge in [0.05, 0.1) is 11.1 Å². The SMILES string of the molecule is C=C/C=C(F)\C(=C/C)c1nc(-c2cccc(C(=O)O)c2)no1. The van der Waals surface area contributed by atoms with Gasteiger partial charge >= 0.3 is 5.97 Å². The van der Waals surface area contributed by atoms with Gasteiger partial charge in [-0.2, -0.15) is 4.98 Å². The fourth-order valence-electron chi connectivity index (χ4n) is 1.80. The van der Waals surface area contributed by atoms with Crippen LogP contribution in [-0.2, 0) is 0 Å². The van der Waals surface area contributed by atoms with Crippen molar-refractivity contribution in [3.05, 3.63) is 66.4 Å². The topological polar surface area (TPSA) is 76.2 Å². The van der Waals surface area contributed by atoms with E-state index >= 15 is 0 Å². The minimum absolute atomic E-state index is 0.00817. The molecule has 1 aromatic heterocycles. The van der Waals surface area contributed by atoms with Crippen LogP contribution < -0.4 is 0 Å². The third kappa shape index (κ3) is 3.17. The first-order valence-corrected chi connectivity index (χ1v) is 6.39. The molecule has 6 heteroatoms. The van der Waals surface area contributed by atoms with Gasteiger partial charge in [0.1, 0.15) is 5.83 Å². The van der Waals surface area contributed by atoms with E-state index in [2.05, 4.69) is 16.7 Å². The van der Waals surface area contributed by atoms with Gasteiger partial charge in [0, 0.05) is 5.56 Å². The number of allylic oxidation sites excluding steroid dienone is 5. The Balaban J connectivity index is 2.40. The molecule has 2 rings (SSSR count). The predicted molar refractivity (Wildman–Crippen MR) is 79.7 cm³/mol. The molecule has 0 saturated heterocycles. The van der Waals surface area contributed by atoms with E-state index in [0.717, 1.165) is 0 Å². The molecule has 0 aliphatic heterocycles. The molecule has 0 unspecified atom stereocenters. The highest BCUT2D eigenvalue weighted by atomic mass is 19.1. The molecule has 1 heterocycles. The number of carbonyl (C=O) groups is 1. The van der Waals surface area contributed by atoms with E-state index in [9.17, 15) is 9.18 Å². The van der Waals surface area contributed by atoms with Crippen LogP contribution in [0, 0.1) is 0 Å². The summed E-state index contributed by atoms with van der Waals surface area (Å²) in [7, 11) is 0. The van der Waals surface area contributed by atoms with Crippen molar-refractivity contribution in [1.82, 2.24) is 10.1 Å². The van der Waals surface area contributed by atoms with Gasteiger partial charge in [-0.05, 0) is 25.1 Å². The molecular formula is C16H13FN2O3. The number of aromatic carboxylic acids is 1. The molecule has 0 saturated carbocycles. The molecule has 0 atom stereocenters.